The second-order valence-corrected chi connectivity index (χ2v) is 9.43. The molecule has 2 aliphatic rings. The summed E-state index contributed by atoms with van der Waals surface area (Å²) < 4.78 is 46.6. The highest BCUT2D eigenvalue weighted by Gasteiger charge is 2.48. The van der Waals surface area contributed by atoms with Gasteiger partial charge in [0.1, 0.15) is 38.3 Å². The molecular formula is C19H20FN5O3S. The number of nitrogens with one attached hydrogen (secondary N) is 1. The zero-order valence-corrected chi connectivity index (χ0v) is 16.6. The number of hydrogen-bond acceptors (Lipinski definition) is 7. The highest BCUT2D eigenvalue weighted by Crippen LogP contribution is 2.44. The molecule has 0 atom stereocenters. The molecule has 1 saturated heterocycles. The van der Waals surface area contributed by atoms with Gasteiger partial charge in [0.05, 0.1) is 12.2 Å². The first kappa shape index (κ1) is 18.3. The highest BCUT2D eigenvalue weighted by molar-refractivity contribution is 7.92. The minimum atomic E-state index is -4.22. The first-order chi connectivity index (χ1) is 13.8. The summed E-state index contributed by atoms with van der Waals surface area (Å²) in [5.74, 6) is 0.0754. The number of sulfone groups is 1. The van der Waals surface area contributed by atoms with E-state index in [2.05, 4.69) is 19.9 Å². The molecule has 1 aromatic carbocycles. The van der Waals surface area contributed by atoms with Crippen LogP contribution in [0.3, 0.4) is 0 Å². The van der Waals surface area contributed by atoms with Gasteiger partial charge in [0.2, 0.25) is 9.84 Å². The molecule has 1 spiro atoms. The number of hydrogen-bond donors (Lipinski definition) is 2. The zero-order valence-electron chi connectivity index (χ0n) is 15.8. The third-order valence-corrected chi connectivity index (χ3v) is 7.33. The third-order valence-electron chi connectivity index (χ3n) is 5.47. The fourth-order valence-electron chi connectivity index (χ4n) is 3.90. The number of morpholine rings is 1. The summed E-state index contributed by atoms with van der Waals surface area (Å²) in [7, 11) is -4.22. The molecule has 8 nitrogen and oxygen atoms in total. The lowest BCUT2D eigenvalue weighted by Crippen LogP contribution is -2.44. The van der Waals surface area contributed by atoms with Gasteiger partial charge in [0.25, 0.3) is 0 Å². The molecule has 5 rings (SSSR count). The summed E-state index contributed by atoms with van der Waals surface area (Å²) in [6, 6.07) is 5.22. The number of nitrogens with zero attached hydrogens (tertiary/aromatic N) is 3. The van der Waals surface area contributed by atoms with E-state index in [1.807, 2.05) is 0 Å². The van der Waals surface area contributed by atoms with E-state index >= 15 is 0 Å². The summed E-state index contributed by atoms with van der Waals surface area (Å²) in [5, 5.41) is 0. The number of nitrogens with two attached hydrogens (primary N) is 1. The lowest BCUT2D eigenvalue weighted by molar-refractivity contribution is 0.0204. The van der Waals surface area contributed by atoms with Gasteiger partial charge in [-0.15, -0.1) is 0 Å². The molecule has 0 radical (unpaired) electrons. The Morgan fingerprint density at radius 3 is 2.76 bits per heavy atom. The van der Waals surface area contributed by atoms with Crippen LogP contribution in [0.1, 0.15) is 18.7 Å². The van der Waals surface area contributed by atoms with Crippen molar-refractivity contribution in [2.24, 2.45) is 0 Å². The van der Waals surface area contributed by atoms with E-state index in [1.165, 1.54) is 18.2 Å². The quantitative estimate of drug-likeness (QED) is 0.671. The fraction of sp³-hybridized carbons (Fsp3) is 0.368. The molecule has 3 N–H and O–H groups in total. The topological polar surface area (TPSA) is 114 Å². The van der Waals surface area contributed by atoms with E-state index < -0.39 is 20.5 Å². The van der Waals surface area contributed by atoms with E-state index in [9.17, 15) is 12.8 Å². The number of nitrogen functional groups attached to an aromatic ring is 1. The number of aromatic nitrogens is 3. The summed E-state index contributed by atoms with van der Waals surface area (Å²) in [5.41, 5.74) is 6.54. The highest BCUT2D eigenvalue weighted by atomic mass is 32.2. The summed E-state index contributed by atoms with van der Waals surface area (Å²) in [6.07, 6.45) is 1.99. The van der Waals surface area contributed by atoms with Crippen LogP contribution in [0, 0.1) is 12.7 Å². The lowest BCUT2D eigenvalue weighted by atomic mass is 10.2. The second kappa shape index (κ2) is 6.14. The normalized spacial score (nSPS) is 18.5. The summed E-state index contributed by atoms with van der Waals surface area (Å²) >= 11 is 0. The van der Waals surface area contributed by atoms with Crippen LogP contribution in [0.5, 0.6) is 0 Å². The molecule has 2 aromatic heterocycles. The number of anilines is 2. The molecule has 2 fully saturated rings. The number of halogens is 1. The maximum Gasteiger partial charge on any atom is 0.215 e. The van der Waals surface area contributed by atoms with Gasteiger partial charge in [-0.3, -0.25) is 0 Å². The number of fused-ring (bicyclic) bond motifs is 1. The van der Waals surface area contributed by atoms with Crippen molar-refractivity contribution in [3.8, 4) is 0 Å². The fourth-order valence-corrected chi connectivity index (χ4v) is 5.44. The van der Waals surface area contributed by atoms with Gasteiger partial charge in [-0.1, -0.05) is 12.1 Å². The largest absolute Gasteiger partial charge is 0.384 e. The van der Waals surface area contributed by atoms with Crippen molar-refractivity contribution in [3.05, 3.63) is 35.9 Å². The average Bonchev–Trinajstić information content (AvgIpc) is 3.32. The minimum Gasteiger partial charge on any atom is -0.384 e. The Morgan fingerprint density at radius 2 is 2.03 bits per heavy atom. The monoisotopic (exact) mass is 417 g/mol. The number of benzene rings is 1. The van der Waals surface area contributed by atoms with Crippen LogP contribution >= 0.6 is 0 Å². The van der Waals surface area contributed by atoms with Crippen LogP contribution in [0.15, 0.2) is 34.1 Å². The van der Waals surface area contributed by atoms with Crippen LogP contribution in [-0.4, -0.2) is 48.7 Å². The smallest absolute Gasteiger partial charge is 0.215 e. The molecule has 152 valence electrons. The van der Waals surface area contributed by atoms with Crippen molar-refractivity contribution >= 4 is 32.5 Å². The first-order valence-corrected chi connectivity index (χ1v) is 10.8. The van der Waals surface area contributed by atoms with E-state index in [1.54, 1.807) is 6.92 Å². The average molecular weight is 417 g/mol. The van der Waals surface area contributed by atoms with E-state index in [-0.39, 0.29) is 21.8 Å². The predicted molar refractivity (Wildman–Crippen MR) is 105 cm³/mol. The molecule has 1 saturated carbocycles. The van der Waals surface area contributed by atoms with Crippen molar-refractivity contribution in [2.75, 3.05) is 30.3 Å². The van der Waals surface area contributed by atoms with Crippen molar-refractivity contribution in [3.63, 3.8) is 0 Å². The minimum absolute atomic E-state index is 0.0844. The second-order valence-electron chi connectivity index (χ2n) is 7.57. The van der Waals surface area contributed by atoms with Gasteiger partial charge >= 0.3 is 0 Å². The van der Waals surface area contributed by atoms with Gasteiger partial charge in [0, 0.05) is 13.1 Å². The SMILES string of the molecule is Cc1nc(N2CCOC3(CC3)C2)c2[nH]c(N)c(S(=O)(=O)c3ccccc3F)c2n1. The molecule has 0 unspecified atom stereocenters. The predicted octanol–water partition coefficient (Wildman–Crippen LogP) is 2.19. The van der Waals surface area contributed by atoms with Gasteiger partial charge in [-0.2, -0.15) is 0 Å². The Hall–Kier alpha value is -2.72. The molecule has 0 amide bonds. The molecule has 0 bridgehead atoms. The maximum atomic E-state index is 14.3. The van der Waals surface area contributed by atoms with E-state index in [0.717, 1.165) is 18.9 Å². The Bertz CT molecular complexity index is 1240. The van der Waals surface area contributed by atoms with Crippen molar-refractivity contribution < 1.29 is 17.5 Å². The van der Waals surface area contributed by atoms with Crippen LogP contribution in [-0.2, 0) is 14.6 Å². The molecule has 10 heteroatoms. The van der Waals surface area contributed by atoms with Crippen LogP contribution < -0.4 is 10.6 Å². The van der Waals surface area contributed by atoms with E-state index in [0.29, 0.717) is 36.9 Å². The first-order valence-electron chi connectivity index (χ1n) is 9.35. The lowest BCUT2D eigenvalue weighted by Gasteiger charge is -2.34. The standard InChI is InChI=1S/C19H20FN5O3S/c1-11-22-14-15(18(23-11)25-8-9-28-19(10-25)6-7-19)24-17(21)16(14)29(26,27)13-5-3-2-4-12(13)20/h2-5,24H,6-10,21H2,1H3. The van der Waals surface area contributed by atoms with Gasteiger partial charge in [-0.05, 0) is 31.9 Å². The third kappa shape index (κ3) is 2.85. The van der Waals surface area contributed by atoms with Gasteiger partial charge in [0.15, 0.2) is 5.82 Å². The molecule has 1 aliphatic carbocycles. The van der Waals surface area contributed by atoms with Crippen LogP contribution in [0.2, 0.25) is 0 Å². The maximum absolute atomic E-state index is 14.3. The van der Waals surface area contributed by atoms with Crippen molar-refractivity contribution in [1.29, 1.82) is 0 Å². The summed E-state index contributed by atoms with van der Waals surface area (Å²) in [6.45, 7) is 3.56. The Balaban J connectivity index is 1.70. The molecule has 1 aliphatic heterocycles. The Morgan fingerprint density at radius 1 is 1.28 bits per heavy atom. The molecule has 29 heavy (non-hydrogen) atoms. The molecule has 3 aromatic rings. The number of rotatable bonds is 3. The number of ether oxygens (including phenoxy) is 1. The zero-order chi connectivity index (χ0) is 20.4. The van der Waals surface area contributed by atoms with Crippen LogP contribution in [0.25, 0.3) is 11.0 Å². The molecule has 3 heterocycles. The number of H-pyrrole nitrogens is 1. The molecular weight excluding hydrogens is 397 g/mol. The Labute approximate surface area is 166 Å². The summed E-state index contributed by atoms with van der Waals surface area (Å²) in [4.78, 5) is 13.2. The van der Waals surface area contributed by atoms with Crippen molar-refractivity contribution in [1.82, 2.24) is 15.0 Å². The van der Waals surface area contributed by atoms with Crippen LogP contribution in [0.4, 0.5) is 16.0 Å². The number of aryl methyl sites for hydroxylation is 1. The van der Waals surface area contributed by atoms with E-state index in [4.69, 9.17) is 10.5 Å². The number of aromatic amines is 1. The van der Waals surface area contributed by atoms with Crippen molar-refractivity contribution in [2.45, 2.75) is 35.2 Å². The van der Waals surface area contributed by atoms with Gasteiger partial charge < -0.3 is 20.4 Å². The Kier molecular flexibility index (Phi) is 3.88. The van der Waals surface area contributed by atoms with Gasteiger partial charge in [-0.25, -0.2) is 22.8 Å².